The Kier molecular flexibility index (Phi) is 9.45. The van der Waals surface area contributed by atoms with E-state index in [0.717, 1.165) is 16.6 Å². The van der Waals surface area contributed by atoms with Gasteiger partial charge in [-0.2, -0.15) is 4.57 Å². The Morgan fingerprint density at radius 2 is 1.47 bits per heavy atom. The molecule has 1 aromatic heterocycles. The molecule has 0 N–H and O–H groups in total. The number of aromatic nitrogens is 1. The van der Waals surface area contributed by atoms with Crippen LogP contribution >= 0.6 is 0 Å². The summed E-state index contributed by atoms with van der Waals surface area (Å²) in [7, 11) is -2.77. The number of carbonyl (C=O) groups excluding carboxylic acids is 2. The fraction of sp³-hybridized carbons (Fsp3) is 0.229. The zero-order valence-electron chi connectivity index (χ0n) is 25.2. The lowest BCUT2D eigenvalue weighted by molar-refractivity contribution is -0.645. The Hall–Kier alpha value is -4.80. The van der Waals surface area contributed by atoms with Crippen LogP contribution in [0.1, 0.15) is 50.2 Å². The van der Waals surface area contributed by atoms with Crippen molar-refractivity contribution in [3.63, 3.8) is 0 Å². The number of ether oxygens (including phenoxy) is 3. The monoisotopic (exact) mass is 627 g/mol. The quantitative estimate of drug-likeness (QED) is 0.0449. The zero-order chi connectivity index (χ0) is 32.1. The second-order valence-corrected chi connectivity index (χ2v) is 12.3. The van der Waals surface area contributed by atoms with E-state index < -0.39 is 27.8 Å². The van der Waals surface area contributed by atoms with E-state index in [-0.39, 0.29) is 13.0 Å². The molecule has 0 saturated carbocycles. The maximum absolute atomic E-state index is 14.0. The number of para-hydroxylation sites is 1. The molecule has 4 aromatic carbocycles. The molecule has 5 rings (SSSR count). The molecular formula is C35H33NO8S. The number of esters is 2. The van der Waals surface area contributed by atoms with Gasteiger partial charge in [-0.25, -0.2) is 18.0 Å². The SMILES string of the molecule is COc1ccc2c(c1)c(C(=O)Oc1c(C)cc(C(=O)OCc3ccccc3)cc1C)c1ccccc1[n+]2CCCCS(=O)(=O)[O-]. The summed E-state index contributed by atoms with van der Waals surface area (Å²) < 4.78 is 52.4. The maximum Gasteiger partial charge on any atom is 0.345 e. The average Bonchev–Trinajstić information content (AvgIpc) is 3.02. The highest BCUT2D eigenvalue weighted by atomic mass is 32.2. The number of aryl methyl sites for hydroxylation is 3. The molecule has 0 aliphatic rings. The number of fused-ring (bicyclic) bond motifs is 2. The first-order chi connectivity index (χ1) is 21.6. The highest BCUT2D eigenvalue weighted by molar-refractivity contribution is 7.85. The van der Waals surface area contributed by atoms with Crippen LogP contribution in [0.4, 0.5) is 0 Å². The molecule has 0 fully saturated rings. The van der Waals surface area contributed by atoms with Gasteiger partial charge in [0.15, 0.2) is 0 Å². The van der Waals surface area contributed by atoms with Crippen molar-refractivity contribution >= 4 is 43.9 Å². The molecule has 0 amide bonds. The van der Waals surface area contributed by atoms with Crippen molar-refractivity contribution in [2.75, 3.05) is 12.9 Å². The molecule has 0 bridgehead atoms. The summed E-state index contributed by atoms with van der Waals surface area (Å²) in [5, 5.41) is 1.22. The van der Waals surface area contributed by atoms with Crippen LogP contribution in [0.3, 0.4) is 0 Å². The van der Waals surface area contributed by atoms with E-state index in [1.54, 1.807) is 38.1 Å². The standard InChI is InChI=1S/C35H33NO8S/c1-23-19-26(34(37)43-22-25-11-5-4-6-12-25)20-24(2)33(23)44-35(38)32-28-13-7-8-14-30(28)36(17-9-10-18-45(39,40)41)31-16-15-27(42-3)21-29(31)32/h4-8,11-16,19-21H,9-10,17-18,22H2,1-3H3. The second kappa shape index (κ2) is 13.5. The second-order valence-electron chi connectivity index (χ2n) is 10.8. The maximum atomic E-state index is 14.0. The Morgan fingerprint density at radius 3 is 2.16 bits per heavy atom. The molecule has 0 aliphatic heterocycles. The van der Waals surface area contributed by atoms with Crippen LogP contribution < -0.4 is 14.0 Å². The predicted octanol–water partition coefficient (Wildman–Crippen LogP) is 5.81. The van der Waals surface area contributed by atoms with Crippen LogP contribution in [0.15, 0.2) is 84.9 Å². The Labute approximate surface area is 261 Å². The molecule has 5 aromatic rings. The molecule has 232 valence electrons. The molecule has 0 aliphatic carbocycles. The lowest BCUT2D eigenvalue weighted by atomic mass is 10.0. The number of carbonyl (C=O) groups is 2. The molecule has 0 atom stereocenters. The first-order valence-electron chi connectivity index (χ1n) is 14.5. The van der Waals surface area contributed by atoms with E-state index >= 15 is 0 Å². The molecule has 45 heavy (non-hydrogen) atoms. The van der Waals surface area contributed by atoms with Crippen LogP contribution in [0.25, 0.3) is 21.8 Å². The van der Waals surface area contributed by atoms with Gasteiger partial charge < -0.3 is 18.8 Å². The molecule has 0 spiro atoms. The van der Waals surface area contributed by atoms with Crippen LogP contribution in [-0.2, 0) is 28.0 Å². The summed E-state index contributed by atoms with van der Waals surface area (Å²) in [6, 6.07) is 25.5. The number of pyridine rings is 1. The normalized spacial score (nSPS) is 11.5. The summed E-state index contributed by atoms with van der Waals surface area (Å²) >= 11 is 0. The molecule has 1 heterocycles. The fourth-order valence-electron chi connectivity index (χ4n) is 5.46. The summed E-state index contributed by atoms with van der Waals surface area (Å²) in [5.74, 6) is -0.617. The molecular weight excluding hydrogens is 594 g/mol. The van der Waals surface area contributed by atoms with Gasteiger partial charge >= 0.3 is 11.9 Å². The Balaban J connectivity index is 1.49. The number of methoxy groups -OCH3 is 1. The lowest BCUT2D eigenvalue weighted by Crippen LogP contribution is -2.37. The van der Waals surface area contributed by atoms with Crippen molar-refractivity contribution < 1.29 is 41.3 Å². The van der Waals surface area contributed by atoms with Gasteiger partial charge in [-0.1, -0.05) is 42.5 Å². The Morgan fingerprint density at radius 1 is 0.800 bits per heavy atom. The van der Waals surface area contributed by atoms with E-state index in [2.05, 4.69) is 0 Å². The van der Waals surface area contributed by atoms with Gasteiger partial charge in [-0.05, 0) is 67.3 Å². The zero-order valence-corrected chi connectivity index (χ0v) is 26.1. The molecule has 10 heteroatoms. The number of hydrogen-bond donors (Lipinski definition) is 0. The lowest BCUT2D eigenvalue weighted by Gasteiger charge is -2.15. The summed E-state index contributed by atoms with van der Waals surface area (Å²) in [6.07, 6.45) is 0.655. The fourth-order valence-corrected chi connectivity index (χ4v) is 6.02. The number of hydrogen-bond acceptors (Lipinski definition) is 8. The summed E-state index contributed by atoms with van der Waals surface area (Å²) in [5.41, 5.74) is 4.23. The summed E-state index contributed by atoms with van der Waals surface area (Å²) in [4.78, 5) is 26.9. The van der Waals surface area contributed by atoms with Crippen LogP contribution in [0.2, 0.25) is 0 Å². The highest BCUT2D eigenvalue weighted by Crippen LogP contribution is 2.32. The minimum absolute atomic E-state index is 0.143. The van der Waals surface area contributed by atoms with Gasteiger partial charge in [0.1, 0.15) is 24.7 Å². The third-order valence-electron chi connectivity index (χ3n) is 7.56. The van der Waals surface area contributed by atoms with E-state index in [1.807, 2.05) is 65.2 Å². The number of unbranched alkanes of at least 4 members (excludes halogenated alkanes) is 1. The van der Waals surface area contributed by atoms with Gasteiger partial charge in [-0.3, -0.25) is 0 Å². The van der Waals surface area contributed by atoms with Gasteiger partial charge in [0.2, 0.25) is 11.0 Å². The van der Waals surface area contributed by atoms with Gasteiger partial charge in [0.05, 0.1) is 39.1 Å². The van der Waals surface area contributed by atoms with Gasteiger partial charge in [0, 0.05) is 24.3 Å². The number of rotatable bonds is 11. The van der Waals surface area contributed by atoms with Crippen LogP contribution in [0, 0.1) is 13.8 Å². The van der Waals surface area contributed by atoms with Crippen molar-refractivity contribution in [2.45, 2.75) is 39.8 Å². The van der Waals surface area contributed by atoms with Crippen LogP contribution in [-0.4, -0.2) is 37.8 Å². The number of benzene rings is 4. The van der Waals surface area contributed by atoms with Crippen LogP contribution in [0.5, 0.6) is 11.5 Å². The molecule has 0 saturated heterocycles. The largest absolute Gasteiger partial charge is 0.748 e. The first-order valence-corrected chi connectivity index (χ1v) is 16.0. The number of nitrogens with zero attached hydrogens (tertiary/aromatic N) is 1. The van der Waals surface area contributed by atoms with E-state index in [4.69, 9.17) is 14.2 Å². The molecule has 0 unspecified atom stereocenters. The van der Waals surface area contributed by atoms with Crippen molar-refractivity contribution in [3.05, 3.63) is 113 Å². The minimum Gasteiger partial charge on any atom is -0.748 e. The van der Waals surface area contributed by atoms with Gasteiger partial charge in [0.25, 0.3) is 0 Å². The van der Waals surface area contributed by atoms with E-state index in [1.165, 1.54) is 7.11 Å². The van der Waals surface area contributed by atoms with Crippen molar-refractivity contribution in [2.24, 2.45) is 0 Å². The Bertz CT molecular complexity index is 1980. The van der Waals surface area contributed by atoms with E-state index in [9.17, 15) is 22.6 Å². The van der Waals surface area contributed by atoms with Crippen molar-refractivity contribution in [1.29, 1.82) is 0 Å². The molecule has 0 radical (unpaired) electrons. The topological polar surface area (TPSA) is 123 Å². The first kappa shape index (κ1) is 31.6. The minimum atomic E-state index is -4.31. The smallest absolute Gasteiger partial charge is 0.345 e. The van der Waals surface area contributed by atoms with Crippen molar-refractivity contribution in [1.82, 2.24) is 0 Å². The predicted molar refractivity (Wildman–Crippen MR) is 168 cm³/mol. The third-order valence-corrected chi connectivity index (χ3v) is 8.35. The summed E-state index contributed by atoms with van der Waals surface area (Å²) in [6.45, 7) is 4.10. The average molecular weight is 628 g/mol. The molecule has 9 nitrogen and oxygen atoms in total. The van der Waals surface area contributed by atoms with Crippen molar-refractivity contribution in [3.8, 4) is 11.5 Å². The van der Waals surface area contributed by atoms with Gasteiger partial charge in [-0.15, -0.1) is 0 Å². The van der Waals surface area contributed by atoms with E-state index in [0.29, 0.717) is 57.5 Å². The highest BCUT2D eigenvalue weighted by Gasteiger charge is 2.27. The third kappa shape index (κ3) is 7.30.